The van der Waals surface area contributed by atoms with Gasteiger partial charge in [-0.05, 0) is 55.8 Å². The van der Waals surface area contributed by atoms with Crippen LogP contribution in [-0.2, 0) is 6.54 Å². The van der Waals surface area contributed by atoms with Crippen LogP contribution in [0.4, 0.5) is 0 Å². The molecule has 0 spiro atoms. The molecule has 3 atom stereocenters. The number of nitrogens with zero attached hydrogens (tertiary/aromatic N) is 1. The van der Waals surface area contributed by atoms with E-state index in [-0.39, 0.29) is 0 Å². The number of hydrogen-bond donors (Lipinski definition) is 1. The van der Waals surface area contributed by atoms with Gasteiger partial charge in [-0.2, -0.15) is 0 Å². The van der Waals surface area contributed by atoms with Crippen LogP contribution in [0.1, 0.15) is 38.7 Å². The highest BCUT2D eigenvalue weighted by molar-refractivity contribution is 5.27. The van der Waals surface area contributed by atoms with Crippen molar-refractivity contribution in [1.82, 2.24) is 4.90 Å². The molecule has 21 heavy (non-hydrogen) atoms. The third kappa shape index (κ3) is 4.21. The second kappa shape index (κ2) is 7.28. The lowest BCUT2D eigenvalue weighted by atomic mass is 9.76. The molecule has 2 N–H and O–H groups in total. The van der Waals surface area contributed by atoms with E-state index >= 15 is 0 Å². The molecule has 0 saturated heterocycles. The first-order chi connectivity index (χ1) is 10.0. The van der Waals surface area contributed by atoms with Crippen molar-refractivity contribution >= 4 is 0 Å². The molecular formula is C18H30N2O. The Balaban J connectivity index is 1.98. The lowest BCUT2D eigenvalue weighted by Crippen LogP contribution is -2.50. The maximum absolute atomic E-state index is 6.38. The van der Waals surface area contributed by atoms with Gasteiger partial charge < -0.3 is 10.5 Å². The van der Waals surface area contributed by atoms with Crippen molar-refractivity contribution in [2.45, 2.75) is 51.7 Å². The van der Waals surface area contributed by atoms with Gasteiger partial charge in [-0.3, -0.25) is 4.90 Å². The summed E-state index contributed by atoms with van der Waals surface area (Å²) in [6.07, 6.45) is 3.66. The predicted molar refractivity (Wildman–Crippen MR) is 88.4 cm³/mol. The maximum atomic E-state index is 6.38. The zero-order chi connectivity index (χ0) is 15.4. The third-order valence-corrected chi connectivity index (χ3v) is 5.01. The molecule has 0 radical (unpaired) electrons. The molecule has 2 rings (SSSR count). The monoisotopic (exact) mass is 290 g/mol. The van der Waals surface area contributed by atoms with E-state index in [1.54, 1.807) is 7.11 Å². The zero-order valence-electron chi connectivity index (χ0n) is 13.9. The standard InChI is InChI=1S/C18H30N2O/c1-13(2)15-7-10-17(19)18(11-15)20(3)12-14-5-8-16(21-4)9-6-14/h5-6,8-9,13,15,17-18H,7,10-12,19H2,1-4H3. The van der Waals surface area contributed by atoms with Gasteiger partial charge in [0.25, 0.3) is 0 Å². The Morgan fingerprint density at radius 1 is 1.24 bits per heavy atom. The Hall–Kier alpha value is -1.06. The minimum atomic E-state index is 0.309. The molecule has 0 amide bonds. The molecule has 1 aromatic rings. The zero-order valence-corrected chi connectivity index (χ0v) is 13.9. The predicted octanol–water partition coefficient (Wildman–Crippen LogP) is 3.28. The van der Waals surface area contributed by atoms with Crippen LogP contribution in [-0.4, -0.2) is 31.1 Å². The van der Waals surface area contributed by atoms with Crippen molar-refractivity contribution in [2.24, 2.45) is 17.6 Å². The van der Waals surface area contributed by atoms with E-state index in [0.717, 1.165) is 30.6 Å². The highest BCUT2D eigenvalue weighted by Gasteiger charge is 2.31. The summed E-state index contributed by atoms with van der Waals surface area (Å²) in [5.74, 6) is 2.48. The van der Waals surface area contributed by atoms with Gasteiger partial charge in [-0.15, -0.1) is 0 Å². The molecule has 1 aromatic carbocycles. The van der Waals surface area contributed by atoms with Gasteiger partial charge in [-0.1, -0.05) is 26.0 Å². The lowest BCUT2D eigenvalue weighted by Gasteiger charge is -2.41. The molecule has 0 heterocycles. The number of rotatable bonds is 5. The van der Waals surface area contributed by atoms with Crippen molar-refractivity contribution in [1.29, 1.82) is 0 Å². The Morgan fingerprint density at radius 3 is 2.48 bits per heavy atom. The fourth-order valence-electron chi connectivity index (χ4n) is 3.45. The normalized spacial score (nSPS) is 26.3. The van der Waals surface area contributed by atoms with Crippen LogP contribution in [0.15, 0.2) is 24.3 Å². The van der Waals surface area contributed by atoms with Crippen molar-refractivity contribution in [3.05, 3.63) is 29.8 Å². The second-order valence-electron chi connectivity index (χ2n) is 6.81. The van der Waals surface area contributed by atoms with Crippen molar-refractivity contribution < 1.29 is 4.74 Å². The topological polar surface area (TPSA) is 38.5 Å². The quantitative estimate of drug-likeness (QED) is 0.904. The average Bonchev–Trinajstić information content (AvgIpc) is 2.48. The molecule has 0 aromatic heterocycles. The van der Waals surface area contributed by atoms with E-state index < -0.39 is 0 Å². The van der Waals surface area contributed by atoms with Crippen molar-refractivity contribution in [2.75, 3.05) is 14.2 Å². The molecule has 3 nitrogen and oxygen atoms in total. The van der Waals surface area contributed by atoms with Crippen molar-refractivity contribution in [3.63, 3.8) is 0 Å². The van der Waals surface area contributed by atoms with Crippen LogP contribution < -0.4 is 10.5 Å². The van der Waals surface area contributed by atoms with Crippen molar-refractivity contribution in [3.8, 4) is 5.75 Å². The maximum Gasteiger partial charge on any atom is 0.118 e. The highest BCUT2D eigenvalue weighted by Crippen LogP contribution is 2.32. The third-order valence-electron chi connectivity index (χ3n) is 5.01. The summed E-state index contributed by atoms with van der Waals surface area (Å²) in [6, 6.07) is 9.14. The number of nitrogens with two attached hydrogens (primary N) is 1. The van der Waals surface area contributed by atoms with E-state index in [4.69, 9.17) is 10.5 Å². The summed E-state index contributed by atoms with van der Waals surface area (Å²) in [5.41, 5.74) is 7.70. The molecule has 118 valence electrons. The molecule has 0 aliphatic heterocycles. The van der Waals surface area contributed by atoms with Crippen LogP contribution in [0.2, 0.25) is 0 Å². The lowest BCUT2D eigenvalue weighted by molar-refractivity contribution is 0.113. The minimum Gasteiger partial charge on any atom is -0.497 e. The van der Waals surface area contributed by atoms with E-state index in [1.807, 2.05) is 12.1 Å². The van der Waals surface area contributed by atoms with Gasteiger partial charge in [-0.25, -0.2) is 0 Å². The van der Waals surface area contributed by atoms with Crippen LogP contribution in [0.5, 0.6) is 5.75 Å². The first-order valence-corrected chi connectivity index (χ1v) is 8.10. The number of benzene rings is 1. The SMILES string of the molecule is COc1ccc(CN(C)C2CC(C(C)C)CCC2N)cc1. The van der Waals surface area contributed by atoms with Gasteiger partial charge in [0.1, 0.15) is 5.75 Å². The average molecular weight is 290 g/mol. The number of ether oxygens (including phenoxy) is 1. The first-order valence-electron chi connectivity index (χ1n) is 8.10. The van der Waals surface area contributed by atoms with E-state index in [0.29, 0.717) is 12.1 Å². The van der Waals surface area contributed by atoms with Crippen LogP contribution in [0.3, 0.4) is 0 Å². The van der Waals surface area contributed by atoms with Gasteiger partial charge in [0.15, 0.2) is 0 Å². The summed E-state index contributed by atoms with van der Waals surface area (Å²) in [4.78, 5) is 2.43. The van der Waals surface area contributed by atoms with Gasteiger partial charge in [0.2, 0.25) is 0 Å². The molecule has 0 bridgehead atoms. The molecule has 3 heteroatoms. The van der Waals surface area contributed by atoms with Crippen LogP contribution in [0.25, 0.3) is 0 Å². The Labute approximate surface area is 129 Å². The summed E-state index contributed by atoms with van der Waals surface area (Å²) >= 11 is 0. The van der Waals surface area contributed by atoms with Gasteiger partial charge in [0, 0.05) is 18.6 Å². The number of methoxy groups -OCH3 is 1. The Kier molecular flexibility index (Phi) is 5.65. The Morgan fingerprint density at radius 2 is 1.90 bits per heavy atom. The molecule has 1 aliphatic carbocycles. The largest absolute Gasteiger partial charge is 0.497 e. The number of hydrogen-bond acceptors (Lipinski definition) is 3. The molecular weight excluding hydrogens is 260 g/mol. The van der Waals surface area contributed by atoms with Crippen LogP contribution >= 0.6 is 0 Å². The fourth-order valence-corrected chi connectivity index (χ4v) is 3.45. The summed E-state index contributed by atoms with van der Waals surface area (Å²) < 4.78 is 5.21. The van der Waals surface area contributed by atoms with E-state index in [2.05, 4.69) is 37.9 Å². The van der Waals surface area contributed by atoms with Gasteiger partial charge >= 0.3 is 0 Å². The molecule has 1 aliphatic rings. The smallest absolute Gasteiger partial charge is 0.118 e. The van der Waals surface area contributed by atoms with E-state index in [1.165, 1.54) is 18.4 Å². The fraction of sp³-hybridized carbons (Fsp3) is 0.667. The summed E-state index contributed by atoms with van der Waals surface area (Å²) in [6.45, 7) is 5.62. The summed E-state index contributed by atoms with van der Waals surface area (Å²) in [5, 5.41) is 0. The first kappa shape index (κ1) is 16.3. The molecule has 1 fully saturated rings. The van der Waals surface area contributed by atoms with Gasteiger partial charge in [0.05, 0.1) is 7.11 Å². The van der Waals surface area contributed by atoms with E-state index in [9.17, 15) is 0 Å². The molecule has 1 saturated carbocycles. The Bertz CT molecular complexity index is 429. The second-order valence-corrected chi connectivity index (χ2v) is 6.81. The molecule has 3 unspecified atom stereocenters. The minimum absolute atomic E-state index is 0.309. The highest BCUT2D eigenvalue weighted by atomic mass is 16.5. The number of likely N-dealkylation sites (N-methyl/N-ethyl adjacent to an activating group) is 1. The summed E-state index contributed by atoms with van der Waals surface area (Å²) in [7, 11) is 3.91. The van der Waals surface area contributed by atoms with Crippen LogP contribution in [0, 0.1) is 11.8 Å².